The fourth-order valence-corrected chi connectivity index (χ4v) is 3.11. The van der Waals surface area contributed by atoms with Crippen molar-refractivity contribution in [1.29, 1.82) is 0 Å². The van der Waals surface area contributed by atoms with Crippen LogP contribution in [-0.4, -0.2) is 37.4 Å². The molecule has 3 rings (SSSR count). The summed E-state index contributed by atoms with van der Waals surface area (Å²) in [5.74, 6) is -1.59. The highest BCUT2D eigenvalue weighted by molar-refractivity contribution is 5.78. The van der Waals surface area contributed by atoms with Gasteiger partial charge in [0.1, 0.15) is 11.6 Å². The minimum absolute atomic E-state index is 0.0129. The van der Waals surface area contributed by atoms with E-state index in [9.17, 15) is 13.6 Å². The molecule has 1 aliphatic heterocycles. The Morgan fingerprint density at radius 2 is 1.95 bits per heavy atom. The van der Waals surface area contributed by atoms with Crippen LogP contribution in [0.15, 0.2) is 18.2 Å². The number of fused-ring (bicyclic) bond motifs is 1. The summed E-state index contributed by atoms with van der Waals surface area (Å²) in [5, 5.41) is 2.91. The van der Waals surface area contributed by atoms with E-state index in [-0.39, 0.29) is 36.1 Å². The lowest BCUT2D eigenvalue weighted by molar-refractivity contribution is -0.158. The molecular weight excluding hydrogens is 292 g/mol. The smallest absolute Gasteiger partial charge is 0.224 e. The molecule has 0 radical (unpaired) electrons. The van der Waals surface area contributed by atoms with Crippen LogP contribution >= 0.6 is 0 Å². The molecule has 3 unspecified atom stereocenters. The zero-order valence-corrected chi connectivity index (χ0v) is 12.2. The molecule has 120 valence electrons. The summed E-state index contributed by atoms with van der Waals surface area (Å²) in [5.41, 5.74) is 0.199. The topological polar surface area (TPSA) is 47.6 Å². The second kappa shape index (κ2) is 6.71. The Morgan fingerprint density at radius 3 is 2.73 bits per heavy atom. The van der Waals surface area contributed by atoms with Gasteiger partial charge in [-0.3, -0.25) is 4.79 Å². The maximum Gasteiger partial charge on any atom is 0.224 e. The van der Waals surface area contributed by atoms with Gasteiger partial charge in [0.2, 0.25) is 5.91 Å². The number of hydrogen-bond acceptors (Lipinski definition) is 3. The SMILES string of the molecule is O=C(Cc1ccc(F)cc1F)NC1CCC2OCCOC2C1. The molecule has 1 saturated carbocycles. The molecule has 2 fully saturated rings. The third-order valence-electron chi connectivity index (χ3n) is 4.21. The van der Waals surface area contributed by atoms with Gasteiger partial charge in [-0.05, 0) is 30.9 Å². The minimum Gasteiger partial charge on any atom is -0.373 e. The number of carbonyl (C=O) groups excluding carboxylic acids is 1. The van der Waals surface area contributed by atoms with Crippen LogP contribution in [0, 0.1) is 11.6 Å². The Bertz CT molecular complexity index is 552. The first-order valence-corrected chi connectivity index (χ1v) is 7.58. The summed E-state index contributed by atoms with van der Waals surface area (Å²) in [6.07, 6.45) is 2.44. The maximum atomic E-state index is 13.6. The van der Waals surface area contributed by atoms with Gasteiger partial charge in [-0.2, -0.15) is 0 Å². The summed E-state index contributed by atoms with van der Waals surface area (Å²) in [7, 11) is 0. The number of amides is 1. The first-order valence-electron chi connectivity index (χ1n) is 7.58. The van der Waals surface area contributed by atoms with Crippen molar-refractivity contribution >= 4 is 5.91 Å². The molecule has 6 heteroatoms. The third kappa shape index (κ3) is 3.62. The van der Waals surface area contributed by atoms with Crippen LogP contribution in [0.4, 0.5) is 8.78 Å². The highest BCUT2D eigenvalue weighted by Crippen LogP contribution is 2.26. The van der Waals surface area contributed by atoms with Gasteiger partial charge in [-0.25, -0.2) is 8.78 Å². The second-order valence-corrected chi connectivity index (χ2v) is 5.81. The van der Waals surface area contributed by atoms with Gasteiger partial charge in [0.25, 0.3) is 0 Å². The molecule has 1 saturated heterocycles. The van der Waals surface area contributed by atoms with Crippen LogP contribution in [0.25, 0.3) is 0 Å². The highest BCUT2D eigenvalue weighted by atomic mass is 19.1. The quantitative estimate of drug-likeness (QED) is 0.928. The Labute approximate surface area is 127 Å². The molecule has 1 aromatic carbocycles. The zero-order valence-electron chi connectivity index (χ0n) is 12.2. The minimum atomic E-state index is -0.692. The highest BCUT2D eigenvalue weighted by Gasteiger charge is 2.34. The molecule has 22 heavy (non-hydrogen) atoms. The third-order valence-corrected chi connectivity index (χ3v) is 4.21. The number of carbonyl (C=O) groups is 1. The monoisotopic (exact) mass is 311 g/mol. The van der Waals surface area contributed by atoms with Gasteiger partial charge in [0, 0.05) is 12.1 Å². The normalized spacial score (nSPS) is 28.0. The summed E-state index contributed by atoms with van der Waals surface area (Å²) in [6, 6.07) is 3.27. The fraction of sp³-hybridized carbons (Fsp3) is 0.562. The number of nitrogens with one attached hydrogen (secondary N) is 1. The standard InChI is InChI=1S/C16H19F2NO3/c17-11-2-1-10(13(18)8-11)7-16(20)19-12-3-4-14-15(9-12)22-6-5-21-14/h1-2,8,12,14-15H,3-7,9H2,(H,19,20). The van der Waals surface area contributed by atoms with E-state index in [4.69, 9.17) is 9.47 Å². The van der Waals surface area contributed by atoms with Crippen LogP contribution in [-0.2, 0) is 20.7 Å². The number of rotatable bonds is 3. The van der Waals surface area contributed by atoms with Crippen molar-refractivity contribution in [3.63, 3.8) is 0 Å². The Hall–Kier alpha value is -1.53. The molecule has 1 N–H and O–H groups in total. The summed E-state index contributed by atoms with van der Waals surface area (Å²) in [4.78, 5) is 12.0. The zero-order chi connectivity index (χ0) is 15.5. The summed E-state index contributed by atoms with van der Waals surface area (Å²) < 4.78 is 37.7. The van der Waals surface area contributed by atoms with E-state index in [1.54, 1.807) is 0 Å². The predicted octanol–water partition coefficient (Wildman–Crippen LogP) is 1.96. The van der Waals surface area contributed by atoms with E-state index in [1.807, 2.05) is 0 Å². The van der Waals surface area contributed by atoms with Crippen molar-refractivity contribution in [2.24, 2.45) is 0 Å². The Morgan fingerprint density at radius 1 is 1.18 bits per heavy atom. The molecule has 2 aliphatic rings. The average Bonchev–Trinajstić information content (AvgIpc) is 2.50. The first-order chi connectivity index (χ1) is 10.6. The van der Waals surface area contributed by atoms with Crippen LogP contribution < -0.4 is 5.32 Å². The number of hydrogen-bond donors (Lipinski definition) is 1. The van der Waals surface area contributed by atoms with E-state index in [0.717, 1.165) is 25.0 Å². The van der Waals surface area contributed by atoms with E-state index >= 15 is 0 Å². The summed E-state index contributed by atoms with van der Waals surface area (Å²) >= 11 is 0. The van der Waals surface area contributed by atoms with Gasteiger partial charge in [0.15, 0.2) is 0 Å². The lowest BCUT2D eigenvalue weighted by Crippen LogP contribution is -2.49. The van der Waals surface area contributed by atoms with Crippen LogP contribution in [0.5, 0.6) is 0 Å². The maximum absolute atomic E-state index is 13.6. The second-order valence-electron chi connectivity index (χ2n) is 5.81. The summed E-state index contributed by atoms with van der Waals surface area (Å²) in [6.45, 7) is 1.21. The molecule has 1 amide bonds. The molecule has 1 aromatic rings. The van der Waals surface area contributed by atoms with Crippen molar-refractivity contribution in [2.45, 2.75) is 43.9 Å². The van der Waals surface area contributed by atoms with Crippen molar-refractivity contribution in [2.75, 3.05) is 13.2 Å². The van der Waals surface area contributed by atoms with E-state index < -0.39 is 11.6 Å². The number of halogens is 2. The molecule has 1 heterocycles. The van der Waals surface area contributed by atoms with E-state index in [2.05, 4.69) is 5.32 Å². The average molecular weight is 311 g/mol. The predicted molar refractivity (Wildman–Crippen MR) is 75.3 cm³/mol. The van der Waals surface area contributed by atoms with E-state index in [1.165, 1.54) is 6.07 Å². The van der Waals surface area contributed by atoms with Crippen molar-refractivity contribution < 1.29 is 23.0 Å². The fourth-order valence-electron chi connectivity index (χ4n) is 3.11. The van der Waals surface area contributed by atoms with Gasteiger partial charge >= 0.3 is 0 Å². The molecule has 0 bridgehead atoms. The van der Waals surface area contributed by atoms with Gasteiger partial charge in [0.05, 0.1) is 31.8 Å². The molecule has 0 spiro atoms. The van der Waals surface area contributed by atoms with Crippen molar-refractivity contribution in [1.82, 2.24) is 5.32 Å². The number of benzene rings is 1. The van der Waals surface area contributed by atoms with Crippen LogP contribution in [0.3, 0.4) is 0 Å². The Balaban J connectivity index is 1.53. The first kappa shape index (κ1) is 15.4. The number of ether oxygens (including phenoxy) is 2. The molecular formula is C16H19F2NO3. The Kier molecular flexibility index (Phi) is 4.69. The van der Waals surface area contributed by atoms with E-state index in [0.29, 0.717) is 19.6 Å². The lowest BCUT2D eigenvalue weighted by Gasteiger charge is -2.39. The largest absolute Gasteiger partial charge is 0.373 e. The van der Waals surface area contributed by atoms with Gasteiger partial charge < -0.3 is 14.8 Å². The molecule has 1 aliphatic carbocycles. The van der Waals surface area contributed by atoms with Crippen LogP contribution in [0.2, 0.25) is 0 Å². The van der Waals surface area contributed by atoms with Gasteiger partial charge in [-0.1, -0.05) is 6.07 Å². The van der Waals surface area contributed by atoms with Crippen LogP contribution in [0.1, 0.15) is 24.8 Å². The van der Waals surface area contributed by atoms with Gasteiger partial charge in [-0.15, -0.1) is 0 Å². The van der Waals surface area contributed by atoms with Crippen molar-refractivity contribution in [3.8, 4) is 0 Å². The molecule has 0 aromatic heterocycles. The lowest BCUT2D eigenvalue weighted by atomic mass is 9.89. The molecule has 4 nitrogen and oxygen atoms in total. The van der Waals surface area contributed by atoms with Crippen molar-refractivity contribution in [3.05, 3.63) is 35.4 Å². The molecule has 3 atom stereocenters.